The summed E-state index contributed by atoms with van der Waals surface area (Å²) >= 11 is 0. The average Bonchev–Trinajstić information content (AvgIpc) is 2.19. The molecule has 17 heavy (non-hydrogen) atoms. The molecule has 1 saturated carbocycles. The van der Waals surface area contributed by atoms with Crippen molar-refractivity contribution in [1.82, 2.24) is 5.32 Å². The molecule has 0 aromatic rings. The van der Waals surface area contributed by atoms with Gasteiger partial charge in [0.2, 0.25) is 0 Å². The Labute approximate surface area is 105 Å². The molecule has 0 amide bonds. The normalized spacial score (nSPS) is 27.6. The Hall–Kier alpha value is -0.570. The Morgan fingerprint density at radius 1 is 1.24 bits per heavy atom. The minimum Gasteiger partial charge on any atom is -0.459 e. The highest BCUT2D eigenvalue weighted by molar-refractivity contribution is 5.75. The lowest BCUT2D eigenvalue weighted by Crippen LogP contribution is -2.45. The third-order valence-electron chi connectivity index (χ3n) is 3.26. The molecule has 0 aromatic carbocycles. The number of esters is 1. The summed E-state index contributed by atoms with van der Waals surface area (Å²) in [5, 5.41) is 3.39. The summed E-state index contributed by atoms with van der Waals surface area (Å²) in [5.74, 6) is 0.695. The second kappa shape index (κ2) is 5.85. The molecule has 1 unspecified atom stereocenters. The van der Waals surface area contributed by atoms with Gasteiger partial charge >= 0.3 is 5.97 Å². The summed E-state index contributed by atoms with van der Waals surface area (Å²) in [6.07, 6.45) is 4.88. The van der Waals surface area contributed by atoms with Crippen LogP contribution in [0.4, 0.5) is 0 Å². The van der Waals surface area contributed by atoms with E-state index in [2.05, 4.69) is 12.2 Å². The maximum absolute atomic E-state index is 11.8. The van der Waals surface area contributed by atoms with E-state index in [0.717, 1.165) is 5.92 Å². The minimum absolute atomic E-state index is 0.142. The van der Waals surface area contributed by atoms with Crippen molar-refractivity contribution in [2.24, 2.45) is 5.92 Å². The molecule has 1 rings (SSSR count). The molecule has 1 atom stereocenters. The van der Waals surface area contributed by atoms with Crippen LogP contribution in [0.25, 0.3) is 0 Å². The standard InChI is InChI=1S/C14H27NO2/c1-10-6-8-12(9-7-10)15-11(2)13(16)17-14(3,4)5/h10-12,15H,6-9H2,1-5H3. The van der Waals surface area contributed by atoms with Crippen LogP contribution in [0, 0.1) is 5.92 Å². The Bertz CT molecular complexity index is 249. The maximum atomic E-state index is 11.8. The van der Waals surface area contributed by atoms with Crippen LogP contribution in [0.3, 0.4) is 0 Å². The summed E-state index contributed by atoms with van der Waals surface area (Å²) in [7, 11) is 0. The Morgan fingerprint density at radius 3 is 2.24 bits per heavy atom. The van der Waals surface area contributed by atoms with Gasteiger partial charge < -0.3 is 10.1 Å². The van der Waals surface area contributed by atoms with Gasteiger partial charge in [0.15, 0.2) is 0 Å². The molecule has 1 fully saturated rings. The second-order valence-corrected chi connectivity index (χ2v) is 6.38. The molecule has 1 aliphatic rings. The molecule has 3 heteroatoms. The minimum atomic E-state index is -0.395. The molecule has 1 N–H and O–H groups in total. The molecule has 0 radical (unpaired) electrons. The summed E-state index contributed by atoms with van der Waals surface area (Å²) in [4.78, 5) is 11.8. The van der Waals surface area contributed by atoms with Gasteiger partial charge in [0.25, 0.3) is 0 Å². The van der Waals surface area contributed by atoms with Gasteiger partial charge in [0.05, 0.1) is 0 Å². The van der Waals surface area contributed by atoms with Crippen molar-refractivity contribution in [3.63, 3.8) is 0 Å². The van der Waals surface area contributed by atoms with Crippen molar-refractivity contribution in [3.05, 3.63) is 0 Å². The van der Waals surface area contributed by atoms with Gasteiger partial charge in [-0.05, 0) is 59.3 Å². The topological polar surface area (TPSA) is 38.3 Å². The third kappa shape index (κ3) is 5.53. The van der Waals surface area contributed by atoms with E-state index in [1.54, 1.807) is 0 Å². The SMILES string of the molecule is CC1CCC(NC(C)C(=O)OC(C)(C)C)CC1. The van der Waals surface area contributed by atoms with Gasteiger partial charge in [0.1, 0.15) is 11.6 Å². The van der Waals surface area contributed by atoms with Crippen molar-refractivity contribution in [1.29, 1.82) is 0 Å². The van der Waals surface area contributed by atoms with E-state index in [1.165, 1.54) is 25.7 Å². The summed E-state index contributed by atoms with van der Waals surface area (Å²) < 4.78 is 5.36. The molecular formula is C14H27NO2. The molecule has 3 nitrogen and oxygen atoms in total. The van der Waals surface area contributed by atoms with Gasteiger partial charge in [-0.25, -0.2) is 0 Å². The Kier molecular flexibility index (Phi) is 4.99. The fourth-order valence-electron chi connectivity index (χ4n) is 2.24. The van der Waals surface area contributed by atoms with Gasteiger partial charge in [-0.1, -0.05) is 6.92 Å². The number of carbonyl (C=O) groups excluding carboxylic acids is 1. The van der Waals surface area contributed by atoms with Crippen LogP contribution in [0.1, 0.15) is 60.3 Å². The first-order valence-corrected chi connectivity index (χ1v) is 6.77. The number of rotatable bonds is 3. The van der Waals surface area contributed by atoms with Gasteiger partial charge in [-0.2, -0.15) is 0 Å². The van der Waals surface area contributed by atoms with Crippen LogP contribution in [0.5, 0.6) is 0 Å². The van der Waals surface area contributed by atoms with E-state index in [4.69, 9.17) is 4.74 Å². The molecule has 0 aliphatic heterocycles. The maximum Gasteiger partial charge on any atom is 0.323 e. The summed E-state index contributed by atoms with van der Waals surface area (Å²) in [6.45, 7) is 9.90. The highest BCUT2D eigenvalue weighted by Gasteiger charge is 2.25. The molecule has 100 valence electrons. The predicted octanol–water partition coefficient (Wildman–Crippen LogP) is 2.88. The van der Waals surface area contributed by atoms with E-state index in [0.29, 0.717) is 6.04 Å². The van der Waals surface area contributed by atoms with Crippen molar-refractivity contribution >= 4 is 5.97 Å². The highest BCUT2D eigenvalue weighted by atomic mass is 16.6. The zero-order valence-electron chi connectivity index (χ0n) is 11.9. The Balaban J connectivity index is 2.33. The van der Waals surface area contributed by atoms with Crippen LogP contribution < -0.4 is 5.32 Å². The first-order chi connectivity index (χ1) is 7.78. The third-order valence-corrected chi connectivity index (χ3v) is 3.26. The summed E-state index contributed by atoms with van der Waals surface area (Å²) in [6, 6.07) is 0.279. The van der Waals surface area contributed by atoms with E-state index < -0.39 is 5.60 Å². The predicted molar refractivity (Wildman–Crippen MR) is 69.9 cm³/mol. The number of hydrogen-bond acceptors (Lipinski definition) is 3. The number of carbonyl (C=O) groups is 1. The van der Waals surface area contributed by atoms with Crippen LogP contribution in [0.2, 0.25) is 0 Å². The number of ether oxygens (including phenoxy) is 1. The van der Waals surface area contributed by atoms with Crippen LogP contribution >= 0.6 is 0 Å². The highest BCUT2D eigenvalue weighted by Crippen LogP contribution is 2.23. The smallest absolute Gasteiger partial charge is 0.323 e. The van der Waals surface area contributed by atoms with Crippen LogP contribution in [-0.4, -0.2) is 23.7 Å². The second-order valence-electron chi connectivity index (χ2n) is 6.38. The largest absolute Gasteiger partial charge is 0.459 e. The molecule has 0 saturated heterocycles. The van der Waals surface area contributed by atoms with Crippen LogP contribution in [0.15, 0.2) is 0 Å². The first-order valence-electron chi connectivity index (χ1n) is 6.77. The van der Waals surface area contributed by atoms with Crippen molar-refractivity contribution in [3.8, 4) is 0 Å². The van der Waals surface area contributed by atoms with Gasteiger partial charge in [0, 0.05) is 6.04 Å². The van der Waals surface area contributed by atoms with E-state index >= 15 is 0 Å². The molecular weight excluding hydrogens is 214 g/mol. The van der Waals surface area contributed by atoms with Gasteiger partial charge in [-0.3, -0.25) is 4.79 Å². The molecule has 0 heterocycles. The zero-order valence-corrected chi connectivity index (χ0v) is 11.9. The summed E-state index contributed by atoms with van der Waals surface area (Å²) in [5.41, 5.74) is -0.395. The van der Waals surface area contributed by atoms with Crippen molar-refractivity contribution < 1.29 is 9.53 Å². The number of nitrogens with one attached hydrogen (secondary N) is 1. The fourth-order valence-corrected chi connectivity index (χ4v) is 2.24. The van der Waals surface area contributed by atoms with E-state index in [1.807, 2.05) is 27.7 Å². The molecule has 1 aliphatic carbocycles. The fraction of sp³-hybridized carbons (Fsp3) is 0.929. The zero-order chi connectivity index (χ0) is 13.1. The Morgan fingerprint density at radius 2 is 1.76 bits per heavy atom. The first kappa shape index (κ1) is 14.5. The number of hydrogen-bond donors (Lipinski definition) is 1. The lowest BCUT2D eigenvalue weighted by atomic mass is 9.87. The quantitative estimate of drug-likeness (QED) is 0.772. The van der Waals surface area contributed by atoms with Crippen LogP contribution in [-0.2, 0) is 9.53 Å². The van der Waals surface area contributed by atoms with Crippen molar-refractivity contribution in [2.75, 3.05) is 0 Å². The monoisotopic (exact) mass is 241 g/mol. The van der Waals surface area contributed by atoms with Gasteiger partial charge in [-0.15, -0.1) is 0 Å². The van der Waals surface area contributed by atoms with E-state index in [-0.39, 0.29) is 12.0 Å². The lowest BCUT2D eigenvalue weighted by molar-refractivity contribution is -0.157. The molecule has 0 bridgehead atoms. The molecule has 0 spiro atoms. The lowest BCUT2D eigenvalue weighted by Gasteiger charge is -2.30. The average molecular weight is 241 g/mol. The molecule has 0 aromatic heterocycles. The van der Waals surface area contributed by atoms with Crippen molar-refractivity contribution in [2.45, 2.75) is 78.0 Å². The van der Waals surface area contributed by atoms with E-state index in [9.17, 15) is 4.79 Å².